The fraction of sp³-hybridized carbons (Fsp3) is 0.286. The average molecular weight is 479 g/mol. The maximum absolute atomic E-state index is 12.5. The lowest BCUT2D eigenvalue weighted by atomic mass is 10.3. The summed E-state index contributed by atoms with van der Waals surface area (Å²) in [6.07, 6.45) is 2.13. The van der Waals surface area contributed by atoms with Gasteiger partial charge in [-0.2, -0.15) is 4.99 Å². The van der Waals surface area contributed by atoms with E-state index in [-0.39, 0.29) is 30.0 Å². The molecular formula is C21H22N2O5S3. The van der Waals surface area contributed by atoms with Crippen LogP contribution in [-0.2, 0) is 30.7 Å². The zero-order valence-electron chi connectivity index (χ0n) is 17.1. The first kappa shape index (κ1) is 23.2. The number of hydrogen-bond acceptors (Lipinski definition) is 7. The van der Waals surface area contributed by atoms with Crippen molar-refractivity contribution in [2.45, 2.75) is 29.2 Å². The Kier molecular flexibility index (Phi) is 7.69. The molecule has 0 aliphatic heterocycles. The number of esters is 1. The summed E-state index contributed by atoms with van der Waals surface area (Å²) in [5.74, 6) is -1.01. The van der Waals surface area contributed by atoms with Crippen molar-refractivity contribution in [3.63, 3.8) is 0 Å². The van der Waals surface area contributed by atoms with Crippen molar-refractivity contribution in [2.24, 2.45) is 4.99 Å². The number of methoxy groups -OCH3 is 1. The van der Waals surface area contributed by atoms with Gasteiger partial charge >= 0.3 is 5.97 Å². The van der Waals surface area contributed by atoms with Gasteiger partial charge in [-0.3, -0.25) is 9.59 Å². The molecule has 0 spiro atoms. The van der Waals surface area contributed by atoms with Crippen LogP contribution in [0.4, 0.5) is 0 Å². The van der Waals surface area contributed by atoms with Gasteiger partial charge in [0.25, 0.3) is 0 Å². The summed E-state index contributed by atoms with van der Waals surface area (Å²) < 4.78 is 32.0. The largest absolute Gasteiger partial charge is 0.468 e. The fourth-order valence-corrected chi connectivity index (χ4v) is 5.87. The SMILES string of the molecule is COC(=O)Cn1c(=NC(=O)CCCS(=O)(=O)c2ccccc2)sc2cc(SC)ccc21. The first-order valence-electron chi connectivity index (χ1n) is 9.43. The molecule has 0 unspecified atom stereocenters. The van der Waals surface area contributed by atoms with Crippen molar-refractivity contribution in [3.8, 4) is 0 Å². The second kappa shape index (κ2) is 10.3. The number of sulfone groups is 1. The first-order chi connectivity index (χ1) is 14.8. The Balaban J connectivity index is 1.81. The van der Waals surface area contributed by atoms with Gasteiger partial charge in [-0.25, -0.2) is 8.42 Å². The third kappa shape index (κ3) is 5.84. The van der Waals surface area contributed by atoms with E-state index in [1.165, 1.54) is 30.6 Å². The molecule has 0 aliphatic rings. The fourth-order valence-electron chi connectivity index (χ4n) is 2.93. The van der Waals surface area contributed by atoms with Gasteiger partial charge < -0.3 is 9.30 Å². The van der Waals surface area contributed by atoms with Crippen molar-refractivity contribution >= 4 is 55.0 Å². The van der Waals surface area contributed by atoms with E-state index in [1.807, 2.05) is 24.5 Å². The zero-order valence-corrected chi connectivity index (χ0v) is 19.6. The molecule has 0 aliphatic carbocycles. The molecule has 1 heterocycles. The highest BCUT2D eigenvalue weighted by Crippen LogP contribution is 2.24. The van der Waals surface area contributed by atoms with Gasteiger partial charge in [-0.15, -0.1) is 11.8 Å². The highest BCUT2D eigenvalue weighted by molar-refractivity contribution is 7.98. The van der Waals surface area contributed by atoms with Crippen molar-refractivity contribution in [2.75, 3.05) is 19.1 Å². The molecule has 1 amide bonds. The van der Waals surface area contributed by atoms with Gasteiger partial charge in [0.05, 0.1) is 28.0 Å². The molecule has 164 valence electrons. The van der Waals surface area contributed by atoms with Crippen LogP contribution in [0.3, 0.4) is 0 Å². The van der Waals surface area contributed by atoms with Crippen LogP contribution < -0.4 is 4.80 Å². The summed E-state index contributed by atoms with van der Waals surface area (Å²) in [4.78, 5) is 30.2. The summed E-state index contributed by atoms with van der Waals surface area (Å²) in [5.41, 5.74) is 0.784. The van der Waals surface area contributed by atoms with Gasteiger partial charge in [0.1, 0.15) is 6.54 Å². The van der Waals surface area contributed by atoms with Crippen LogP contribution in [0.25, 0.3) is 10.2 Å². The topological polar surface area (TPSA) is 94.8 Å². The zero-order chi connectivity index (χ0) is 22.4. The summed E-state index contributed by atoms with van der Waals surface area (Å²) >= 11 is 2.90. The molecular weight excluding hydrogens is 456 g/mol. The van der Waals surface area contributed by atoms with Crippen molar-refractivity contribution in [1.29, 1.82) is 0 Å². The van der Waals surface area contributed by atoms with Crippen LogP contribution in [0.1, 0.15) is 12.8 Å². The van der Waals surface area contributed by atoms with E-state index in [1.54, 1.807) is 34.5 Å². The molecule has 3 aromatic rings. The molecule has 7 nitrogen and oxygen atoms in total. The minimum absolute atomic E-state index is 0.00536. The Bertz CT molecular complexity index is 1260. The number of amides is 1. The molecule has 10 heteroatoms. The van der Waals surface area contributed by atoms with Crippen LogP contribution in [0, 0.1) is 0 Å². The second-order valence-electron chi connectivity index (χ2n) is 6.62. The molecule has 3 rings (SSSR count). The summed E-state index contributed by atoms with van der Waals surface area (Å²) in [7, 11) is -2.14. The van der Waals surface area contributed by atoms with Crippen LogP contribution in [0.2, 0.25) is 0 Å². The highest BCUT2D eigenvalue weighted by Gasteiger charge is 2.15. The van der Waals surface area contributed by atoms with Crippen LogP contribution in [-0.4, -0.2) is 44.0 Å². The third-order valence-electron chi connectivity index (χ3n) is 4.53. The van der Waals surface area contributed by atoms with Crippen molar-refractivity contribution in [1.82, 2.24) is 4.57 Å². The Morgan fingerprint density at radius 2 is 1.90 bits per heavy atom. The molecule has 2 aromatic carbocycles. The lowest BCUT2D eigenvalue weighted by molar-refractivity contribution is -0.141. The summed E-state index contributed by atoms with van der Waals surface area (Å²) in [6.45, 7) is -0.0659. The smallest absolute Gasteiger partial charge is 0.325 e. The Hall–Kier alpha value is -2.43. The van der Waals surface area contributed by atoms with Gasteiger partial charge in [0, 0.05) is 11.3 Å². The number of rotatable bonds is 8. The lowest BCUT2D eigenvalue weighted by Crippen LogP contribution is -2.22. The minimum Gasteiger partial charge on any atom is -0.468 e. The third-order valence-corrected chi connectivity index (χ3v) is 8.11. The predicted octanol–water partition coefficient (Wildman–Crippen LogP) is 3.28. The van der Waals surface area contributed by atoms with Crippen LogP contribution >= 0.6 is 23.1 Å². The number of ether oxygens (including phenoxy) is 1. The number of hydrogen-bond donors (Lipinski definition) is 0. The number of carbonyl (C=O) groups is 2. The molecule has 0 N–H and O–H groups in total. The molecule has 0 saturated carbocycles. The Labute approximate surface area is 188 Å². The monoisotopic (exact) mass is 478 g/mol. The number of nitrogens with zero attached hydrogens (tertiary/aromatic N) is 2. The standard InChI is InChI=1S/C21H22N2O5S3/c1-28-20(25)14-23-17-11-10-15(29-2)13-18(17)30-21(23)22-19(24)9-6-12-31(26,27)16-7-4-3-5-8-16/h3-5,7-8,10-11,13H,6,9,12,14H2,1-2H3. The number of thiazole rings is 1. The maximum atomic E-state index is 12.5. The number of carbonyl (C=O) groups excluding carboxylic acids is 2. The molecule has 31 heavy (non-hydrogen) atoms. The van der Waals surface area contributed by atoms with E-state index < -0.39 is 21.7 Å². The van der Waals surface area contributed by atoms with Gasteiger partial charge in [0.2, 0.25) is 5.91 Å². The molecule has 0 fully saturated rings. The molecule has 1 aromatic heterocycles. The van der Waals surface area contributed by atoms with Crippen LogP contribution in [0.15, 0.2) is 63.3 Å². The average Bonchev–Trinajstić information content (AvgIpc) is 3.09. The van der Waals surface area contributed by atoms with E-state index >= 15 is 0 Å². The number of benzene rings is 2. The molecule has 0 bridgehead atoms. The van der Waals surface area contributed by atoms with E-state index in [0.717, 1.165) is 15.1 Å². The van der Waals surface area contributed by atoms with Crippen LogP contribution in [0.5, 0.6) is 0 Å². The molecule has 0 radical (unpaired) electrons. The Morgan fingerprint density at radius 3 is 2.58 bits per heavy atom. The number of thioether (sulfide) groups is 1. The van der Waals surface area contributed by atoms with E-state index in [9.17, 15) is 18.0 Å². The van der Waals surface area contributed by atoms with E-state index in [4.69, 9.17) is 4.74 Å². The van der Waals surface area contributed by atoms with Gasteiger partial charge in [-0.05, 0) is 43.0 Å². The second-order valence-corrected chi connectivity index (χ2v) is 10.6. The molecule has 0 saturated heterocycles. The quantitative estimate of drug-likeness (QED) is 0.364. The van der Waals surface area contributed by atoms with Gasteiger partial charge in [-0.1, -0.05) is 29.5 Å². The maximum Gasteiger partial charge on any atom is 0.325 e. The van der Waals surface area contributed by atoms with E-state index in [0.29, 0.717) is 4.80 Å². The van der Waals surface area contributed by atoms with Crippen molar-refractivity contribution in [3.05, 3.63) is 53.3 Å². The summed E-state index contributed by atoms with van der Waals surface area (Å²) in [5, 5.41) is 0. The summed E-state index contributed by atoms with van der Waals surface area (Å²) in [6, 6.07) is 14.0. The first-order valence-corrected chi connectivity index (χ1v) is 13.1. The minimum atomic E-state index is -3.44. The number of fused-ring (bicyclic) bond motifs is 1. The lowest BCUT2D eigenvalue weighted by Gasteiger charge is -2.04. The molecule has 0 atom stereocenters. The highest BCUT2D eigenvalue weighted by atomic mass is 32.2. The van der Waals surface area contributed by atoms with E-state index in [2.05, 4.69) is 4.99 Å². The van der Waals surface area contributed by atoms with Gasteiger partial charge in [0.15, 0.2) is 14.6 Å². The predicted molar refractivity (Wildman–Crippen MR) is 122 cm³/mol. The number of aromatic nitrogens is 1. The normalized spacial score (nSPS) is 12.3. The van der Waals surface area contributed by atoms with Crippen molar-refractivity contribution < 1.29 is 22.7 Å². The Morgan fingerprint density at radius 1 is 1.16 bits per heavy atom.